The predicted molar refractivity (Wildman–Crippen MR) is 86.9 cm³/mol. The Labute approximate surface area is 138 Å². The van der Waals surface area contributed by atoms with E-state index in [0.717, 1.165) is 44.1 Å². The van der Waals surface area contributed by atoms with Gasteiger partial charge >= 0.3 is 6.18 Å². The number of likely N-dealkylation sites (N-methyl/N-ethyl adjacent to an activating group) is 1. The largest absolute Gasteiger partial charge is 0.416 e. The second kappa shape index (κ2) is 6.39. The van der Waals surface area contributed by atoms with Crippen molar-refractivity contribution in [3.63, 3.8) is 0 Å². The second-order valence-electron chi connectivity index (χ2n) is 6.03. The Morgan fingerprint density at radius 3 is 2.38 bits per heavy atom. The number of hydrogen-bond acceptors (Lipinski definition) is 4. The normalized spacial score (nSPS) is 16.5. The molecular formula is C17H19F3N4. The predicted octanol–water partition coefficient (Wildman–Crippen LogP) is 3.22. The van der Waals surface area contributed by atoms with Crippen molar-refractivity contribution in [3.8, 4) is 11.3 Å². The molecule has 2 aromatic rings. The SMILES string of the molecule is Cc1nc(-c2cccc(C(F)(F)F)c2)cc(N2CCN(C)CC2)n1. The van der Waals surface area contributed by atoms with Crippen LogP contribution in [0.25, 0.3) is 11.3 Å². The highest BCUT2D eigenvalue weighted by Crippen LogP contribution is 2.32. The summed E-state index contributed by atoms with van der Waals surface area (Å²) in [5.74, 6) is 1.32. The maximum absolute atomic E-state index is 12.9. The number of aromatic nitrogens is 2. The third-order valence-corrected chi connectivity index (χ3v) is 4.14. The molecule has 0 spiro atoms. The van der Waals surface area contributed by atoms with Gasteiger partial charge in [0.2, 0.25) is 0 Å². The topological polar surface area (TPSA) is 32.3 Å². The molecule has 0 saturated carbocycles. The van der Waals surface area contributed by atoms with Crippen molar-refractivity contribution >= 4 is 5.82 Å². The summed E-state index contributed by atoms with van der Waals surface area (Å²) in [7, 11) is 2.07. The van der Waals surface area contributed by atoms with Gasteiger partial charge in [-0.05, 0) is 26.1 Å². The van der Waals surface area contributed by atoms with Gasteiger partial charge in [-0.3, -0.25) is 0 Å². The van der Waals surface area contributed by atoms with Crippen LogP contribution in [-0.2, 0) is 6.18 Å². The van der Waals surface area contributed by atoms with Gasteiger partial charge in [0.15, 0.2) is 0 Å². The van der Waals surface area contributed by atoms with Gasteiger partial charge in [-0.25, -0.2) is 9.97 Å². The molecule has 0 amide bonds. The first kappa shape index (κ1) is 16.7. The van der Waals surface area contributed by atoms with Crippen LogP contribution in [0, 0.1) is 6.92 Å². The van der Waals surface area contributed by atoms with E-state index in [1.807, 2.05) is 0 Å². The molecule has 128 valence electrons. The van der Waals surface area contributed by atoms with Crippen LogP contribution >= 0.6 is 0 Å². The number of alkyl halides is 3. The zero-order valence-electron chi connectivity index (χ0n) is 13.6. The first-order valence-corrected chi connectivity index (χ1v) is 7.80. The summed E-state index contributed by atoms with van der Waals surface area (Å²) in [5, 5.41) is 0. The van der Waals surface area contributed by atoms with E-state index in [1.165, 1.54) is 6.07 Å². The van der Waals surface area contributed by atoms with Crippen molar-refractivity contribution in [2.75, 3.05) is 38.1 Å². The third-order valence-electron chi connectivity index (χ3n) is 4.14. The molecule has 0 bridgehead atoms. The van der Waals surface area contributed by atoms with Gasteiger partial charge in [0.25, 0.3) is 0 Å². The van der Waals surface area contributed by atoms with Gasteiger partial charge in [0.1, 0.15) is 11.6 Å². The lowest BCUT2D eigenvalue weighted by Crippen LogP contribution is -2.44. The fourth-order valence-electron chi connectivity index (χ4n) is 2.75. The quantitative estimate of drug-likeness (QED) is 0.843. The first-order valence-electron chi connectivity index (χ1n) is 7.80. The summed E-state index contributed by atoms with van der Waals surface area (Å²) in [5.41, 5.74) is 0.297. The molecule has 2 heterocycles. The molecule has 1 aliphatic rings. The Bertz CT molecular complexity index is 722. The molecule has 1 fully saturated rings. The molecule has 0 atom stereocenters. The molecule has 0 N–H and O–H groups in total. The zero-order chi connectivity index (χ0) is 17.3. The van der Waals surface area contributed by atoms with Crippen LogP contribution in [0.2, 0.25) is 0 Å². The highest BCUT2D eigenvalue weighted by atomic mass is 19.4. The fraction of sp³-hybridized carbons (Fsp3) is 0.412. The van der Waals surface area contributed by atoms with Crippen molar-refractivity contribution in [2.45, 2.75) is 13.1 Å². The number of anilines is 1. The van der Waals surface area contributed by atoms with Crippen molar-refractivity contribution in [1.82, 2.24) is 14.9 Å². The summed E-state index contributed by atoms with van der Waals surface area (Å²) in [4.78, 5) is 13.2. The summed E-state index contributed by atoms with van der Waals surface area (Å²) < 4.78 is 38.8. The van der Waals surface area contributed by atoms with Crippen LogP contribution in [-0.4, -0.2) is 48.1 Å². The van der Waals surface area contributed by atoms with E-state index in [-0.39, 0.29) is 0 Å². The van der Waals surface area contributed by atoms with E-state index >= 15 is 0 Å². The zero-order valence-corrected chi connectivity index (χ0v) is 13.6. The molecule has 1 aromatic heterocycles. The maximum Gasteiger partial charge on any atom is 0.416 e. The van der Waals surface area contributed by atoms with Crippen LogP contribution in [0.15, 0.2) is 30.3 Å². The van der Waals surface area contributed by atoms with Gasteiger partial charge in [-0.2, -0.15) is 13.2 Å². The molecule has 1 aliphatic heterocycles. The molecular weight excluding hydrogens is 317 g/mol. The van der Waals surface area contributed by atoms with Crippen LogP contribution in [0.5, 0.6) is 0 Å². The van der Waals surface area contributed by atoms with Crippen LogP contribution in [0.3, 0.4) is 0 Å². The lowest BCUT2D eigenvalue weighted by molar-refractivity contribution is -0.137. The van der Waals surface area contributed by atoms with Crippen molar-refractivity contribution in [2.24, 2.45) is 0 Å². The van der Waals surface area contributed by atoms with E-state index in [1.54, 1.807) is 19.1 Å². The lowest BCUT2D eigenvalue weighted by atomic mass is 10.1. The average molecular weight is 336 g/mol. The Balaban J connectivity index is 1.94. The molecule has 7 heteroatoms. The molecule has 3 rings (SSSR count). The van der Waals surface area contributed by atoms with Crippen molar-refractivity contribution in [1.29, 1.82) is 0 Å². The average Bonchev–Trinajstić information content (AvgIpc) is 2.54. The van der Waals surface area contributed by atoms with Crippen LogP contribution in [0.4, 0.5) is 19.0 Å². The summed E-state index contributed by atoms with van der Waals surface area (Å²) in [6.45, 7) is 5.31. The Morgan fingerprint density at radius 1 is 1.00 bits per heavy atom. The van der Waals surface area contributed by atoms with Gasteiger partial charge in [0.05, 0.1) is 11.3 Å². The smallest absolute Gasteiger partial charge is 0.354 e. The molecule has 0 unspecified atom stereocenters. The maximum atomic E-state index is 12.9. The van der Waals surface area contributed by atoms with E-state index < -0.39 is 11.7 Å². The minimum Gasteiger partial charge on any atom is -0.354 e. The fourth-order valence-corrected chi connectivity index (χ4v) is 2.75. The number of rotatable bonds is 2. The monoisotopic (exact) mass is 336 g/mol. The first-order chi connectivity index (χ1) is 11.3. The highest BCUT2D eigenvalue weighted by molar-refractivity contribution is 5.64. The van der Waals surface area contributed by atoms with Crippen molar-refractivity contribution in [3.05, 3.63) is 41.7 Å². The highest BCUT2D eigenvalue weighted by Gasteiger charge is 2.30. The van der Waals surface area contributed by atoms with E-state index in [0.29, 0.717) is 17.1 Å². The summed E-state index contributed by atoms with van der Waals surface area (Å²) >= 11 is 0. The van der Waals surface area contributed by atoms with E-state index in [2.05, 4.69) is 26.8 Å². The molecule has 24 heavy (non-hydrogen) atoms. The van der Waals surface area contributed by atoms with Gasteiger partial charge in [0, 0.05) is 37.8 Å². The number of piperazine rings is 1. The molecule has 0 aliphatic carbocycles. The standard InChI is InChI=1S/C17H19F3N4/c1-12-21-15(13-4-3-5-14(10-13)17(18,19)20)11-16(22-12)24-8-6-23(2)7-9-24/h3-5,10-11H,6-9H2,1-2H3. The molecule has 1 aromatic carbocycles. The number of hydrogen-bond donors (Lipinski definition) is 0. The summed E-state index contributed by atoms with van der Waals surface area (Å²) in [6.07, 6.45) is -4.36. The van der Waals surface area contributed by atoms with E-state index in [4.69, 9.17) is 0 Å². The summed E-state index contributed by atoms with van der Waals surface area (Å²) in [6, 6.07) is 7.03. The minimum atomic E-state index is -4.36. The second-order valence-corrected chi connectivity index (χ2v) is 6.03. The van der Waals surface area contributed by atoms with Crippen LogP contribution in [0.1, 0.15) is 11.4 Å². The Morgan fingerprint density at radius 2 is 1.71 bits per heavy atom. The van der Waals surface area contributed by atoms with E-state index in [9.17, 15) is 13.2 Å². The van der Waals surface area contributed by atoms with Gasteiger partial charge < -0.3 is 9.80 Å². The van der Waals surface area contributed by atoms with Gasteiger partial charge in [-0.1, -0.05) is 12.1 Å². The molecule has 1 saturated heterocycles. The number of benzene rings is 1. The van der Waals surface area contributed by atoms with Crippen LogP contribution < -0.4 is 4.90 Å². The van der Waals surface area contributed by atoms with Gasteiger partial charge in [-0.15, -0.1) is 0 Å². The number of aryl methyl sites for hydroxylation is 1. The Hall–Kier alpha value is -2.15. The number of nitrogens with zero attached hydrogens (tertiary/aromatic N) is 4. The minimum absolute atomic E-state index is 0.450. The lowest BCUT2D eigenvalue weighted by Gasteiger charge is -2.33. The van der Waals surface area contributed by atoms with Crippen molar-refractivity contribution < 1.29 is 13.2 Å². The Kier molecular flexibility index (Phi) is 4.45. The molecule has 4 nitrogen and oxygen atoms in total. The third kappa shape index (κ3) is 3.67. The number of halogens is 3. The molecule has 0 radical (unpaired) electrons.